The first-order valence-electron chi connectivity index (χ1n) is 10.5. The number of aromatic nitrogens is 1. The summed E-state index contributed by atoms with van der Waals surface area (Å²) in [6.45, 7) is 8.76. The molecule has 1 unspecified atom stereocenters. The van der Waals surface area contributed by atoms with E-state index in [-0.39, 0.29) is 5.41 Å². The smallest absolute Gasteiger partial charge is 0.230 e. The van der Waals surface area contributed by atoms with E-state index in [1.165, 1.54) is 19.3 Å². The molecule has 1 aromatic rings. The molecule has 1 atom stereocenters. The molecule has 0 N–H and O–H groups in total. The Bertz CT molecular complexity index is 716. The van der Waals surface area contributed by atoms with Crippen LogP contribution in [0.15, 0.2) is 6.20 Å². The molecule has 1 amide bonds. The average molecular weight is 372 g/mol. The first-order valence-corrected chi connectivity index (χ1v) is 10.5. The normalized spacial score (nSPS) is 26.6. The average Bonchev–Trinajstić information content (AvgIpc) is 3.01. The van der Waals surface area contributed by atoms with Crippen LogP contribution in [-0.4, -0.2) is 54.0 Å². The Morgan fingerprint density at radius 2 is 2.04 bits per heavy atom. The number of piperidine rings is 1. The molecule has 0 bridgehead atoms. The number of likely N-dealkylation sites (tertiary alicyclic amines) is 2. The zero-order valence-corrected chi connectivity index (χ0v) is 17.1. The SMILES string of the molecule is COc1c(C)cnc(CN2CCC3(CCCN(CC4CCC4)C3=O)C2)c1C. The van der Waals surface area contributed by atoms with Crippen LogP contribution >= 0.6 is 0 Å². The molecule has 1 aromatic heterocycles. The highest BCUT2D eigenvalue weighted by Crippen LogP contribution is 2.41. The molecule has 1 aliphatic carbocycles. The minimum atomic E-state index is -0.148. The van der Waals surface area contributed by atoms with Crippen molar-refractivity contribution in [3.8, 4) is 5.75 Å². The lowest BCUT2D eigenvalue weighted by Gasteiger charge is -2.42. The van der Waals surface area contributed by atoms with E-state index in [2.05, 4.69) is 21.7 Å². The lowest BCUT2D eigenvalue weighted by molar-refractivity contribution is -0.146. The highest BCUT2D eigenvalue weighted by molar-refractivity contribution is 5.84. The quantitative estimate of drug-likeness (QED) is 0.796. The van der Waals surface area contributed by atoms with Crippen LogP contribution in [0.1, 0.15) is 55.3 Å². The van der Waals surface area contributed by atoms with Crippen molar-refractivity contribution in [2.45, 2.75) is 58.9 Å². The maximum Gasteiger partial charge on any atom is 0.230 e. The van der Waals surface area contributed by atoms with Crippen LogP contribution in [-0.2, 0) is 11.3 Å². The zero-order chi connectivity index (χ0) is 19.0. The molecule has 2 aliphatic heterocycles. The van der Waals surface area contributed by atoms with Crippen molar-refractivity contribution in [3.05, 3.63) is 23.0 Å². The minimum Gasteiger partial charge on any atom is -0.496 e. The summed E-state index contributed by atoms with van der Waals surface area (Å²) in [5.74, 6) is 2.12. The number of nitrogens with zero attached hydrogens (tertiary/aromatic N) is 3. The van der Waals surface area contributed by atoms with E-state index < -0.39 is 0 Å². The first kappa shape index (κ1) is 18.7. The van der Waals surface area contributed by atoms with E-state index in [9.17, 15) is 4.79 Å². The summed E-state index contributed by atoms with van der Waals surface area (Å²) < 4.78 is 5.56. The number of ether oxygens (including phenoxy) is 1. The Hall–Kier alpha value is -1.62. The zero-order valence-electron chi connectivity index (χ0n) is 17.1. The third kappa shape index (κ3) is 3.46. The highest BCUT2D eigenvalue weighted by atomic mass is 16.5. The number of carbonyl (C=O) groups is 1. The van der Waals surface area contributed by atoms with Crippen molar-refractivity contribution in [1.29, 1.82) is 0 Å². The summed E-state index contributed by atoms with van der Waals surface area (Å²) in [7, 11) is 1.72. The monoisotopic (exact) mass is 371 g/mol. The van der Waals surface area contributed by atoms with Crippen LogP contribution in [0.5, 0.6) is 5.75 Å². The Labute approximate surface area is 163 Å². The number of hydrogen-bond acceptors (Lipinski definition) is 4. The van der Waals surface area contributed by atoms with Crippen LogP contribution in [0.3, 0.4) is 0 Å². The predicted octanol–water partition coefficient (Wildman–Crippen LogP) is 3.32. The second-order valence-corrected chi connectivity index (χ2v) is 8.94. The van der Waals surface area contributed by atoms with E-state index in [0.29, 0.717) is 5.91 Å². The van der Waals surface area contributed by atoms with E-state index in [0.717, 1.165) is 80.5 Å². The predicted molar refractivity (Wildman–Crippen MR) is 106 cm³/mol. The molecule has 5 nitrogen and oxygen atoms in total. The van der Waals surface area contributed by atoms with Crippen molar-refractivity contribution >= 4 is 5.91 Å². The summed E-state index contributed by atoms with van der Waals surface area (Å²) in [4.78, 5) is 22.6. The van der Waals surface area contributed by atoms with Gasteiger partial charge in [0, 0.05) is 43.5 Å². The van der Waals surface area contributed by atoms with Gasteiger partial charge in [-0.25, -0.2) is 0 Å². The van der Waals surface area contributed by atoms with Crippen molar-refractivity contribution in [2.75, 3.05) is 33.3 Å². The molecule has 5 heteroatoms. The first-order chi connectivity index (χ1) is 13.0. The Morgan fingerprint density at radius 3 is 2.74 bits per heavy atom. The van der Waals surface area contributed by atoms with Gasteiger partial charge in [0.05, 0.1) is 18.2 Å². The molecule has 0 radical (unpaired) electrons. The van der Waals surface area contributed by atoms with E-state index >= 15 is 0 Å². The molecule has 0 aromatic carbocycles. The van der Waals surface area contributed by atoms with Crippen LogP contribution in [0.4, 0.5) is 0 Å². The molecule has 4 rings (SSSR count). The fourth-order valence-corrected chi connectivity index (χ4v) is 5.23. The van der Waals surface area contributed by atoms with Crippen molar-refractivity contribution in [1.82, 2.24) is 14.8 Å². The summed E-state index contributed by atoms with van der Waals surface area (Å²) in [5.41, 5.74) is 3.12. The van der Waals surface area contributed by atoms with Crippen molar-refractivity contribution in [2.24, 2.45) is 11.3 Å². The van der Waals surface area contributed by atoms with Crippen LogP contribution < -0.4 is 4.74 Å². The summed E-state index contributed by atoms with van der Waals surface area (Å²) >= 11 is 0. The standard InChI is InChI=1S/C22H33N3O2/c1-16-12-23-19(17(2)20(16)27-3)14-24-11-9-22(15-24)8-5-10-25(21(22)26)13-18-6-4-7-18/h12,18H,4-11,13-15H2,1-3H3. The van der Waals surface area contributed by atoms with E-state index in [1.54, 1.807) is 7.11 Å². The van der Waals surface area contributed by atoms with Gasteiger partial charge in [0.2, 0.25) is 5.91 Å². The van der Waals surface area contributed by atoms with Gasteiger partial charge in [0.1, 0.15) is 5.75 Å². The molecule has 1 spiro atoms. The van der Waals surface area contributed by atoms with Crippen LogP contribution in [0.2, 0.25) is 0 Å². The molecular formula is C22H33N3O2. The lowest BCUT2D eigenvalue weighted by atomic mass is 9.77. The Morgan fingerprint density at radius 1 is 1.22 bits per heavy atom. The molecule has 3 aliphatic rings. The van der Waals surface area contributed by atoms with Gasteiger partial charge in [-0.2, -0.15) is 0 Å². The van der Waals surface area contributed by atoms with Crippen LogP contribution in [0.25, 0.3) is 0 Å². The fraction of sp³-hybridized carbons (Fsp3) is 0.727. The Kier molecular flexibility index (Phi) is 5.15. The maximum absolute atomic E-state index is 13.3. The van der Waals surface area contributed by atoms with Gasteiger partial charge in [-0.1, -0.05) is 6.42 Å². The Balaban J connectivity index is 1.44. The number of carbonyl (C=O) groups excluding carboxylic acids is 1. The number of amides is 1. The molecular weight excluding hydrogens is 338 g/mol. The fourth-order valence-electron chi connectivity index (χ4n) is 5.23. The van der Waals surface area contributed by atoms with Gasteiger partial charge in [-0.3, -0.25) is 14.7 Å². The summed E-state index contributed by atoms with van der Waals surface area (Å²) in [5, 5.41) is 0. The maximum atomic E-state index is 13.3. The topological polar surface area (TPSA) is 45.7 Å². The van der Waals surface area contributed by atoms with E-state index in [1.807, 2.05) is 13.1 Å². The van der Waals surface area contributed by atoms with Gasteiger partial charge in [-0.05, 0) is 58.4 Å². The molecule has 3 fully saturated rings. The number of hydrogen-bond donors (Lipinski definition) is 0. The van der Waals surface area contributed by atoms with Gasteiger partial charge < -0.3 is 9.64 Å². The molecule has 148 valence electrons. The number of methoxy groups -OCH3 is 1. The largest absolute Gasteiger partial charge is 0.496 e. The number of rotatable bonds is 5. The second-order valence-electron chi connectivity index (χ2n) is 8.94. The van der Waals surface area contributed by atoms with Crippen molar-refractivity contribution < 1.29 is 9.53 Å². The van der Waals surface area contributed by atoms with Gasteiger partial charge in [0.25, 0.3) is 0 Å². The number of pyridine rings is 1. The summed E-state index contributed by atoms with van der Waals surface area (Å²) in [6.07, 6.45) is 9.06. The van der Waals surface area contributed by atoms with Crippen LogP contribution in [0, 0.1) is 25.2 Å². The van der Waals surface area contributed by atoms with Gasteiger partial charge in [0.15, 0.2) is 0 Å². The van der Waals surface area contributed by atoms with Gasteiger partial charge >= 0.3 is 0 Å². The molecule has 27 heavy (non-hydrogen) atoms. The molecule has 1 saturated carbocycles. The summed E-state index contributed by atoms with van der Waals surface area (Å²) in [6, 6.07) is 0. The highest BCUT2D eigenvalue weighted by Gasteiger charge is 2.48. The number of aryl methyl sites for hydroxylation is 1. The minimum absolute atomic E-state index is 0.148. The van der Waals surface area contributed by atoms with Gasteiger partial charge in [-0.15, -0.1) is 0 Å². The third-order valence-electron chi connectivity index (χ3n) is 7.08. The third-order valence-corrected chi connectivity index (χ3v) is 7.08. The molecule has 2 saturated heterocycles. The second kappa shape index (κ2) is 7.42. The lowest BCUT2D eigenvalue weighted by Crippen LogP contribution is -2.51. The van der Waals surface area contributed by atoms with E-state index in [4.69, 9.17) is 4.74 Å². The molecule has 3 heterocycles. The van der Waals surface area contributed by atoms with Crippen molar-refractivity contribution in [3.63, 3.8) is 0 Å².